The van der Waals surface area contributed by atoms with Crippen LogP contribution in [0.25, 0.3) is 16.9 Å². The maximum atomic E-state index is 6.21. The van der Waals surface area contributed by atoms with Gasteiger partial charge in [-0.25, -0.2) is 4.98 Å². The lowest BCUT2D eigenvalue weighted by Gasteiger charge is -2.26. The summed E-state index contributed by atoms with van der Waals surface area (Å²) in [6.07, 6.45) is 1.93. The van der Waals surface area contributed by atoms with Crippen LogP contribution in [0.3, 0.4) is 0 Å². The lowest BCUT2D eigenvalue weighted by molar-refractivity contribution is 0.0336. The zero-order chi connectivity index (χ0) is 16.5. The Morgan fingerprint density at radius 3 is 2.79 bits per heavy atom. The first-order valence-electron chi connectivity index (χ1n) is 8.03. The predicted octanol–water partition coefficient (Wildman–Crippen LogP) is 3.07. The second kappa shape index (κ2) is 6.43. The summed E-state index contributed by atoms with van der Waals surface area (Å²) in [7, 11) is 0. The Morgan fingerprint density at radius 2 is 2.00 bits per heavy atom. The minimum atomic E-state index is 0.697. The second-order valence-electron chi connectivity index (χ2n) is 6.00. The summed E-state index contributed by atoms with van der Waals surface area (Å²) in [5.74, 6) is 0. The number of fused-ring (bicyclic) bond motifs is 1. The van der Waals surface area contributed by atoms with Gasteiger partial charge in [-0.15, -0.1) is 0 Å². The third kappa shape index (κ3) is 2.98. The van der Waals surface area contributed by atoms with Gasteiger partial charge in [-0.1, -0.05) is 23.7 Å². The van der Waals surface area contributed by atoms with Crippen molar-refractivity contribution >= 4 is 22.9 Å². The van der Waals surface area contributed by atoms with Crippen molar-refractivity contribution in [3.8, 4) is 11.3 Å². The molecule has 0 unspecified atom stereocenters. The summed E-state index contributed by atoms with van der Waals surface area (Å²) < 4.78 is 7.53. The van der Waals surface area contributed by atoms with Gasteiger partial charge >= 0.3 is 0 Å². The molecule has 4 rings (SSSR count). The van der Waals surface area contributed by atoms with Crippen LogP contribution in [0.15, 0.2) is 42.6 Å². The molecular formula is C18H19ClN4O. The number of hydrogen-bond acceptors (Lipinski definition) is 4. The fraction of sp³-hybridized carbons (Fsp3) is 0.278. The van der Waals surface area contributed by atoms with E-state index in [4.69, 9.17) is 27.1 Å². The number of rotatable bonds is 3. The van der Waals surface area contributed by atoms with Gasteiger partial charge in [-0.05, 0) is 24.3 Å². The molecule has 124 valence electrons. The van der Waals surface area contributed by atoms with Crippen molar-refractivity contribution in [3.05, 3.63) is 53.3 Å². The number of nitrogens with zero attached hydrogens (tertiary/aromatic N) is 3. The largest absolute Gasteiger partial charge is 0.399 e. The molecule has 1 aliphatic rings. The fourth-order valence-corrected chi connectivity index (χ4v) is 3.27. The van der Waals surface area contributed by atoms with Crippen molar-refractivity contribution in [1.29, 1.82) is 0 Å². The first kappa shape index (κ1) is 15.4. The molecule has 1 fully saturated rings. The molecule has 2 aromatic heterocycles. The first-order valence-corrected chi connectivity index (χ1v) is 8.41. The van der Waals surface area contributed by atoms with Crippen LogP contribution in [0, 0.1) is 0 Å². The molecule has 0 saturated carbocycles. The van der Waals surface area contributed by atoms with Crippen molar-refractivity contribution in [3.63, 3.8) is 0 Å². The number of halogens is 1. The topological polar surface area (TPSA) is 55.8 Å². The molecule has 0 amide bonds. The number of anilines is 1. The van der Waals surface area contributed by atoms with Gasteiger partial charge in [0.25, 0.3) is 0 Å². The Bertz CT molecular complexity index is 871. The van der Waals surface area contributed by atoms with E-state index in [9.17, 15) is 0 Å². The van der Waals surface area contributed by atoms with Gasteiger partial charge in [-0.3, -0.25) is 4.90 Å². The van der Waals surface area contributed by atoms with Crippen LogP contribution in [0.1, 0.15) is 5.69 Å². The van der Waals surface area contributed by atoms with E-state index >= 15 is 0 Å². The molecule has 0 radical (unpaired) electrons. The maximum absolute atomic E-state index is 6.21. The summed E-state index contributed by atoms with van der Waals surface area (Å²) in [4.78, 5) is 7.20. The van der Waals surface area contributed by atoms with Crippen LogP contribution in [0.4, 0.5) is 5.69 Å². The molecule has 0 aliphatic carbocycles. The van der Waals surface area contributed by atoms with Crippen molar-refractivity contribution in [1.82, 2.24) is 14.3 Å². The number of benzene rings is 1. The molecule has 5 nitrogen and oxygen atoms in total. The van der Waals surface area contributed by atoms with Crippen molar-refractivity contribution in [2.45, 2.75) is 6.54 Å². The van der Waals surface area contributed by atoms with Gasteiger partial charge in [0.05, 0.1) is 29.6 Å². The van der Waals surface area contributed by atoms with E-state index in [1.54, 1.807) is 0 Å². The number of aromatic nitrogens is 2. The molecule has 1 aromatic carbocycles. The number of nitrogens with two attached hydrogens (primary N) is 1. The average Bonchev–Trinajstić information content (AvgIpc) is 2.94. The Hall–Kier alpha value is -2.08. The van der Waals surface area contributed by atoms with Crippen molar-refractivity contribution in [2.75, 3.05) is 32.0 Å². The summed E-state index contributed by atoms with van der Waals surface area (Å²) in [6, 6.07) is 11.7. The third-order valence-electron chi connectivity index (χ3n) is 4.32. The van der Waals surface area contributed by atoms with E-state index < -0.39 is 0 Å². The number of nitrogen functional groups attached to an aromatic ring is 1. The molecule has 0 atom stereocenters. The Balaban J connectivity index is 1.83. The highest BCUT2D eigenvalue weighted by molar-refractivity contribution is 6.30. The highest BCUT2D eigenvalue weighted by atomic mass is 35.5. The highest BCUT2D eigenvalue weighted by Gasteiger charge is 2.19. The Labute approximate surface area is 145 Å². The fourth-order valence-electron chi connectivity index (χ4n) is 3.11. The standard InChI is InChI=1S/C18H19ClN4O/c19-14-4-5-17-21-18(13-2-1-3-15(20)10-13)16(23(17)11-14)12-22-6-8-24-9-7-22/h1-5,10-11H,6-9,12,20H2. The maximum Gasteiger partial charge on any atom is 0.137 e. The van der Waals surface area contributed by atoms with E-state index in [0.717, 1.165) is 61.1 Å². The van der Waals surface area contributed by atoms with E-state index in [1.807, 2.05) is 42.6 Å². The van der Waals surface area contributed by atoms with Gasteiger partial charge in [0.1, 0.15) is 5.65 Å². The van der Waals surface area contributed by atoms with Gasteiger partial charge < -0.3 is 14.9 Å². The molecule has 3 aromatic rings. The average molecular weight is 343 g/mol. The molecule has 0 spiro atoms. The number of morpholine rings is 1. The third-order valence-corrected chi connectivity index (χ3v) is 4.54. The normalized spacial score (nSPS) is 15.9. The van der Waals surface area contributed by atoms with Crippen LogP contribution in [-0.2, 0) is 11.3 Å². The van der Waals surface area contributed by atoms with E-state index in [2.05, 4.69) is 9.30 Å². The number of hydrogen-bond donors (Lipinski definition) is 1. The summed E-state index contributed by atoms with van der Waals surface area (Å²) in [5.41, 5.74) is 10.7. The Kier molecular flexibility index (Phi) is 4.14. The van der Waals surface area contributed by atoms with Crippen molar-refractivity contribution < 1.29 is 4.74 Å². The molecule has 2 N–H and O–H groups in total. The number of ether oxygens (including phenoxy) is 1. The minimum absolute atomic E-state index is 0.697. The highest BCUT2D eigenvalue weighted by Crippen LogP contribution is 2.28. The van der Waals surface area contributed by atoms with Gasteiger partial charge in [0.15, 0.2) is 0 Å². The molecule has 6 heteroatoms. The summed E-state index contributed by atoms with van der Waals surface area (Å²) >= 11 is 6.21. The zero-order valence-electron chi connectivity index (χ0n) is 13.3. The SMILES string of the molecule is Nc1cccc(-c2nc3ccc(Cl)cn3c2CN2CCOCC2)c1. The second-order valence-corrected chi connectivity index (χ2v) is 6.43. The number of pyridine rings is 1. The lowest BCUT2D eigenvalue weighted by atomic mass is 10.1. The van der Waals surface area contributed by atoms with Crippen LogP contribution in [0.5, 0.6) is 0 Å². The van der Waals surface area contributed by atoms with Gasteiger partial charge in [0.2, 0.25) is 0 Å². The summed E-state index contributed by atoms with van der Waals surface area (Å²) in [5, 5.41) is 0.697. The first-order chi connectivity index (χ1) is 11.7. The monoisotopic (exact) mass is 342 g/mol. The van der Waals surface area contributed by atoms with E-state index in [0.29, 0.717) is 5.02 Å². The summed E-state index contributed by atoms with van der Waals surface area (Å²) in [6.45, 7) is 4.18. The van der Waals surface area contributed by atoms with Crippen LogP contribution in [0.2, 0.25) is 5.02 Å². The Morgan fingerprint density at radius 1 is 1.17 bits per heavy atom. The van der Waals surface area contributed by atoms with E-state index in [1.165, 1.54) is 0 Å². The van der Waals surface area contributed by atoms with E-state index in [-0.39, 0.29) is 0 Å². The zero-order valence-corrected chi connectivity index (χ0v) is 14.0. The molecule has 0 bridgehead atoms. The van der Waals surface area contributed by atoms with Crippen LogP contribution >= 0.6 is 11.6 Å². The molecule has 1 aliphatic heterocycles. The smallest absolute Gasteiger partial charge is 0.137 e. The molecular weight excluding hydrogens is 324 g/mol. The molecule has 24 heavy (non-hydrogen) atoms. The molecule has 3 heterocycles. The molecule has 1 saturated heterocycles. The van der Waals surface area contributed by atoms with Gasteiger partial charge in [-0.2, -0.15) is 0 Å². The van der Waals surface area contributed by atoms with Crippen LogP contribution < -0.4 is 5.73 Å². The predicted molar refractivity (Wildman–Crippen MR) is 96.1 cm³/mol. The quantitative estimate of drug-likeness (QED) is 0.743. The lowest BCUT2D eigenvalue weighted by Crippen LogP contribution is -2.36. The van der Waals surface area contributed by atoms with Crippen LogP contribution in [-0.4, -0.2) is 40.6 Å². The minimum Gasteiger partial charge on any atom is -0.399 e. The van der Waals surface area contributed by atoms with Crippen molar-refractivity contribution in [2.24, 2.45) is 0 Å². The number of imidazole rings is 1. The van der Waals surface area contributed by atoms with Gasteiger partial charge in [0, 0.05) is 37.1 Å².